The van der Waals surface area contributed by atoms with Crippen LogP contribution in [-0.4, -0.2) is 12.0 Å². The number of nitrogens with zero attached hydrogens (tertiary/aromatic N) is 1. The van der Waals surface area contributed by atoms with Crippen molar-refractivity contribution in [3.05, 3.63) is 41.3 Å². The Labute approximate surface area is 109 Å². The van der Waals surface area contributed by atoms with Gasteiger partial charge in [0.2, 0.25) is 0 Å². The van der Waals surface area contributed by atoms with E-state index in [2.05, 4.69) is 10.3 Å². The highest BCUT2D eigenvalue weighted by Gasteiger charge is 2.10. The number of hydrogen-bond donors (Lipinski definition) is 2. The number of nitrogens with one attached hydrogen (secondary N) is 1. The predicted molar refractivity (Wildman–Crippen MR) is 69.7 cm³/mol. The van der Waals surface area contributed by atoms with Gasteiger partial charge in [0.05, 0.1) is 0 Å². The van der Waals surface area contributed by atoms with E-state index in [0.717, 1.165) is 0 Å². The number of nitrogen functional groups attached to an aromatic ring is 1. The van der Waals surface area contributed by atoms with Gasteiger partial charge in [0.15, 0.2) is 17.3 Å². The smallest absolute Gasteiger partial charge is 0.167 e. The lowest BCUT2D eigenvalue weighted by Crippen LogP contribution is -1.95. The van der Waals surface area contributed by atoms with Crippen molar-refractivity contribution >= 4 is 23.1 Å². The van der Waals surface area contributed by atoms with Gasteiger partial charge in [-0.15, -0.1) is 0 Å². The molecule has 4 nitrogen and oxygen atoms in total. The van der Waals surface area contributed by atoms with Gasteiger partial charge in [-0.3, -0.25) is 0 Å². The first-order valence-corrected chi connectivity index (χ1v) is 5.54. The third kappa shape index (κ3) is 2.46. The Bertz CT molecular complexity index is 577. The quantitative estimate of drug-likeness (QED) is 0.896. The first kappa shape index (κ1) is 12.4. The van der Waals surface area contributed by atoms with Crippen LogP contribution in [0.15, 0.2) is 30.5 Å². The Balaban J connectivity index is 2.31. The van der Waals surface area contributed by atoms with Crippen molar-refractivity contribution in [2.24, 2.45) is 0 Å². The molecule has 94 valence electrons. The maximum Gasteiger partial charge on any atom is 0.167 e. The highest BCUT2D eigenvalue weighted by atomic mass is 35.5. The van der Waals surface area contributed by atoms with Gasteiger partial charge >= 0.3 is 0 Å². The summed E-state index contributed by atoms with van der Waals surface area (Å²) in [4.78, 5) is 3.79. The fourth-order valence-electron chi connectivity index (χ4n) is 1.38. The Morgan fingerprint density at radius 2 is 2.11 bits per heavy atom. The number of anilines is 2. The van der Waals surface area contributed by atoms with Gasteiger partial charge < -0.3 is 15.8 Å². The molecule has 6 heteroatoms. The van der Waals surface area contributed by atoms with Crippen LogP contribution < -0.4 is 15.8 Å². The predicted octanol–water partition coefficient (Wildman–Crippen LogP) is 3.29. The number of ether oxygens (including phenoxy) is 1. The van der Waals surface area contributed by atoms with Crippen LogP contribution in [0, 0.1) is 5.82 Å². The van der Waals surface area contributed by atoms with E-state index in [1.165, 1.54) is 24.4 Å². The lowest BCUT2D eigenvalue weighted by Gasteiger charge is -2.10. The second-order valence-electron chi connectivity index (χ2n) is 3.51. The molecule has 0 saturated carbocycles. The third-order valence-corrected chi connectivity index (χ3v) is 2.70. The van der Waals surface area contributed by atoms with Gasteiger partial charge in [-0.2, -0.15) is 0 Å². The van der Waals surface area contributed by atoms with Gasteiger partial charge in [0.1, 0.15) is 10.8 Å². The highest BCUT2D eigenvalue weighted by molar-refractivity contribution is 6.34. The molecule has 0 spiro atoms. The molecule has 0 aliphatic carbocycles. The highest BCUT2D eigenvalue weighted by Crippen LogP contribution is 2.33. The first-order chi connectivity index (χ1) is 8.61. The lowest BCUT2D eigenvalue weighted by molar-refractivity contribution is 0.442. The van der Waals surface area contributed by atoms with Crippen LogP contribution in [0.5, 0.6) is 11.5 Å². The van der Waals surface area contributed by atoms with E-state index in [1.807, 2.05) is 0 Å². The van der Waals surface area contributed by atoms with Crippen LogP contribution >= 0.6 is 11.6 Å². The van der Waals surface area contributed by atoms with Gasteiger partial charge in [0, 0.05) is 31.1 Å². The minimum absolute atomic E-state index is 0.0708. The Hall–Kier alpha value is -2.01. The summed E-state index contributed by atoms with van der Waals surface area (Å²) in [6, 6.07) is 6.04. The number of halogens is 2. The van der Waals surface area contributed by atoms with Crippen LogP contribution in [0.25, 0.3) is 0 Å². The molecule has 18 heavy (non-hydrogen) atoms. The van der Waals surface area contributed by atoms with E-state index in [-0.39, 0.29) is 22.3 Å². The van der Waals surface area contributed by atoms with Crippen molar-refractivity contribution in [3.8, 4) is 11.5 Å². The van der Waals surface area contributed by atoms with E-state index in [1.54, 1.807) is 13.1 Å². The fraction of sp³-hybridized carbons (Fsp3) is 0.0833. The van der Waals surface area contributed by atoms with E-state index in [4.69, 9.17) is 22.1 Å². The molecule has 2 aromatic rings. The Morgan fingerprint density at radius 1 is 1.33 bits per heavy atom. The molecule has 3 N–H and O–H groups in total. The summed E-state index contributed by atoms with van der Waals surface area (Å²) in [5.41, 5.74) is 6.18. The molecule has 0 fully saturated rings. The van der Waals surface area contributed by atoms with Crippen LogP contribution in [0.1, 0.15) is 0 Å². The van der Waals surface area contributed by atoms with Crippen molar-refractivity contribution in [3.63, 3.8) is 0 Å². The van der Waals surface area contributed by atoms with Crippen molar-refractivity contribution in [2.75, 3.05) is 18.1 Å². The van der Waals surface area contributed by atoms with E-state index in [0.29, 0.717) is 5.69 Å². The van der Waals surface area contributed by atoms with E-state index < -0.39 is 5.82 Å². The minimum atomic E-state index is -0.492. The number of hydrogen-bond acceptors (Lipinski definition) is 4. The molecule has 0 saturated heterocycles. The molecule has 2 rings (SSSR count). The Morgan fingerprint density at radius 3 is 2.78 bits per heavy atom. The molecule has 1 aromatic heterocycles. The second kappa shape index (κ2) is 5.10. The van der Waals surface area contributed by atoms with Crippen LogP contribution in [0.3, 0.4) is 0 Å². The van der Waals surface area contributed by atoms with Gasteiger partial charge in [-0.25, -0.2) is 9.37 Å². The standard InChI is InChI=1S/C12H11ClFN3O/c1-16-7-2-3-9(8(14)6-7)18-10-4-5-17-12(15)11(10)13/h2-6,16H,1H3,(H2,15,17). The Kier molecular flexibility index (Phi) is 3.53. The summed E-state index contributed by atoms with van der Waals surface area (Å²) in [7, 11) is 1.70. The number of pyridine rings is 1. The van der Waals surface area contributed by atoms with Gasteiger partial charge in [0.25, 0.3) is 0 Å². The molecular weight excluding hydrogens is 257 g/mol. The molecule has 0 amide bonds. The largest absolute Gasteiger partial charge is 0.453 e. The van der Waals surface area contributed by atoms with Gasteiger partial charge in [-0.1, -0.05) is 11.6 Å². The zero-order valence-corrected chi connectivity index (χ0v) is 10.3. The SMILES string of the molecule is CNc1ccc(Oc2ccnc(N)c2Cl)c(F)c1. The topological polar surface area (TPSA) is 60.2 Å². The maximum atomic E-state index is 13.7. The van der Waals surface area contributed by atoms with Crippen molar-refractivity contribution < 1.29 is 9.13 Å². The summed E-state index contributed by atoms with van der Waals surface area (Å²) < 4.78 is 19.1. The minimum Gasteiger partial charge on any atom is -0.453 e. The molecule has 0 atom stereocenters. The van der Waals surface area contributed by atoms with Crippen molar-refractivity contribution in [1.82, 2.24) is 4.98 Å². The molecule has 0 unspecified atom stereocenters. The van der Waals surface area contributed by atoms with Crippen LogP contribution in [-0.2, 0) is 0 Å². The summed E-state index contributed by atoms with van der Waals surface area (Å²) >= 11 is 5.91. The monoisotopic (exact) mass is 267 g/mol. The summed E-state index contributed by atoms with van der Waals surface area (Å²) in [5.74, 6) is -0.0171. The molecular formula is C12H11ClFN3O. The average molecular weight is 268 g/mol. The summed E-state index contributed by atoms with van der Waals surface area (Å²) in [6.07, 6.45) is 1.44. The molecule has 0 aliphatic heterocycles. The van der Waals surface area contributed by atoms with Crippen molar-refractivity contribution in [2.45, 2.75) is 0 Å². The molecule has 0 radical (unpaired) electrons. The molecule has 0 bridgehead atoms. The maximum absolute atomic E-state index is 13.7. The van der Waals surface area contributed by atoms with E-state index in [9.17, 15) is 4.39 Å². The molecule has 1 heterocycles. The third-order valence-electron chi connectivity index (χ3n) is 2.32. The number of benzene rings is 1. The lowest BCUT2D eigenvalue weighted by atomic mass is 10.3. The number of rotatable bonds is 3. The van der Waals surface area contributed by atoms with Crippen molar-refractivity contribution in [1.29, 1.82) is 0 Å². The van der Waals surface area contributed by atoms with Crippen LogP contribution in [0.4, 0.5) is 15.9 Å². The summed E-state index contributed by atoms with van der Waals surface area (Å²) in [5, 5.41) is 2.99. The molecule has 0 aliphatic rings. The number of aromatic nitrogens is 1. The van der Waals surface area contributed by atoms with Crippen LogP contribution in [0.2, 0.25) is 5.02 Å². The van der Waals surface area contributed by atoms with E-state index >= 15 is 0 Å². The number of nitrogens with two attached hydrogens (primary N) is 1. The normalized spacial score (nSPS) is 10.2. The zero-order chi connectivity index (χ0) is 13.1. The summed E-state index contributed by atoms with van der Waals surface area (Å²) in [6.45, 7) is 0. The first-order valence-electron chi connectivity index (χ1n) is 5.17. The zero-order valence-electron chi connectivity index (χ0n) is 9.58. The molecule has 1 aromatic carbocycles. The second-order valence-corrected chi connectivity index (χ2v) is 3.88. The average Bonchev–Trinajstić information content (AvgIpc) is 2.37. The van der Waals surface area contributed by atoms with Gasteiger partial charge in [-0.05, 0) is 12.1 Å². The fourth-order valence-corrected chi connectivity index (χ4v) is 1.53.